The Morgan fingerprint density at radius 2 is 1.73 bits per heavy atom. The van der Waals surface area contributed by atoms with Gasteiger partial charge in [-0.1, -0.05) is 24.6 Å². The van der Waals surface area contributed by atoms with E-state index < -0.39 is 0 Å². The Bertz CT molecular complexity index is 346. The first-order valence-corrected chi connectivity index (χ1v) is 5.42. The van der Waals surface area contributed by atoms with Crippen LogP contribution in [0, 0.1) is 20.8 Å². The number of amides is 1. The Morgan fingerprint density at radius 3 is 2.20 bits per heavy atom. The van der Waals surface area contributed by atoms with Gasteiger partial charge in [-0.15, -0.1) is 0 Å². The van der Waals surface area contributed by atoms with Gasteiger partial charge in [-0.05, 0) is 38.3 Å². The van der Waals surface area contributed by atoms with Crippen LogP contribution in [0.4, 0.5) is 0 Å². The number of carbonyl (C=O) groups excluding carboxylic acids is 1. The average Bonchev–Trinajstić information content (AvgIpc) is 2.12. The minimum Gasteiger partial charge on any atom is -0.352 e. The predicted octanol–water partition coefficient (Wildman–Crippen LogP) is 2.75. The lowest BCUT2D eigenvalue weighted by molar-refractivity contribution is 0.0952. The summed E-state index contributed by atoms with van der Waals surface area (Å²) in [4.78, 5) is 11.8. The van der Waals surface area contributed by atoms with E-state index in [4.69, 9.17) is 0 Å². The molecular weight excluding hydrogens is 186 g/mol. The molecule has 1 amide bonds. The van der Waals surface area contributed by atoms with Gasteiger partial charge in [0.15, 0.2) is 0 Å². The van der Waals surface area contributed by atoms with Crippen LogP contribution in [-0.4, -0.2) is 12.5 Å². The first-order chi connectivity index (χ1) is 7.06. The summed E-state index contributed by atoms with van der Waals surface area (Å²) in [6.45, 7) is 8.82. The number of benzene rings is 1. The van der Waals surface area contributed by atoms with Crippen molar-refractivity contribution in [1.82, 2.24) is 5.32 Å². The number of hydrogen-bond donors (Lipinski definition) is 1. The lowest BCUT2D eigenvalue weighted by atomic mass is 9.99. The second-order valence-corrected chi connectivity index (χ2v) is 4.03. The minimum atomic E-state index is 0.0480. The van der Waals surface area contributed by atoms with Crippen molar-refractivity contribution in [3.63, 3.8) is 0 Å². The quantitative estimate of drug-likeness (QED) is 0.807. The van der Waals surface area contributed by atoms with Crippen molar-refractivity contribution in [3.05, 3.63) is 34.4 Å². The Balaban J connectivity index is 2.98. The number of rotatable bonds is 3. The van der Waals surface area contributed by atoms with Crippen molar-refractivity contribution < 1.29 is 4.79 Å². The summed E-state index contributed by atoms with van der Waals surface area (Å²) in [5, 5.41) is 2.91. The SMILES string of the molecule is CCCNC(=O)c1c(C)cc(C)cc1C. The zero-order chi connectivity index (χ0) is 11.4. The van der Waals surface area contributed by atoms with E-state index in [1.54, 1.807) is 0 Å². The molecule has 2 heteroatoms. The third kappa shape index (κ3) is 2.82. The Labute approximate surface area is 91.7 Å². The first-order valence-electron chi connectivity index (χ1n) is 5.42. The van der Waals surface area contributed by atoms with E-state index in [0.717, 1.165) is 29.7 Å². The molecule has 0 bridgehead atoms. The highest BCUT2D eigenvalue weighted by molar-refractivity contribution is 5.97. The lowest BCUT2D eigenvalue weighted by Gasteiger charge is -2.11. The van der Waals surface area contributed by atoms with Gasteiger partial charge in [-0.3, -0.25) is 4.79 Å². The van der Waals surface area contributed by atoms with Crippen molar-refractivity contribution in [2.75, 3.05) is 6.54 Å². The van der Waals surface area contributed by atoms with Crippen molar-refractivity contribution in [1.29, 1.82) is 0 Å². The smallest absolute Gasteiger partial charge is 0.251 e. The molecule has 0 spiro atoms. The molecule has 1 aromatic carbocycles. The standard InChI is InChI=1S/C13H19NO/c1-5-6-14-13(15)12-10(3)7-9(2)8-11(12)4/h7-8H,5-6H2,1-4H3,(H,14,15). The van der Waals surface area contributed by atoms with Gasteiger partial charge in [0, 0.05) is 12.1 Å². The highest BCUT2D eigenvalue weighted by atomic mass is 16.1. The van der Waals surface area contributed by atoms with Crippen LogP contribution in [0.25, 0.3) is 0 Å². The monoisotopic (exact) mass is 205 g/mol. The summed E-state index contributed by atoms with van der Waals surface area (Å²) in [7, 11) is 0. The molecule has 0 radical (unpaired) electrons. The summed E-state index contributed by atoms with van der Waals surface area (Å²) in [6, 6.07) is 4.10. The van der Waals surface area contributed by atoms with E-state index in [9.17, 15) is 4.79 Å². The maximum Gasteiger partial charge on any atom is 0.251 e. The summed E-state index contributed by atoms with van der Waals surface area (Å²) < 4.78 is 0. The molecule has 82 valence electrons. The van der Waals surface area contributed by atoms with Crippen molar-refractivity contribution >= 4 is 5.91 Å². The molecule has 0 saturated carbocycles. The second kappa shape index (κ2) is 4.96. The van der Waals surface area contributed by atoms with Crippen LogP contribution < -0.4 is 5.32 Å². The molecule has 0 saturated heterocycles. The normalized spacial score (nSPS) is 10.1. The van der Waals surface area contributed by atoms with E-state index in [1.165, 1.54) is 5.56 Å². The molecule has 0 heterocycles. The average molecular weight is 205 g/mol. The van der Waals surface area contributed by atoms with Crippen LogP contribution in [0.1, 0.15) is 40.4 Å². The van der Waals surface area contributed by atoms with Crippen LogP contribution in [0.3, 0.4) is 0 Å². The topological polar surface area (TPSA) is 29.1 Å². The second-order valence-electron chi connectivity index (χ2n) is 4.03. The molecule has 0 aromatic heterocycles. The Hall–Kier alpha value is -1.31. The maximum atomic E-state index is 11.8. The zero-order valence-electron chi connectivity index (χ0n) is 9.98. The molecule has 0 aliphatic heterocycles. The fourth-order valence-corrected chi connectivity index (χ4v) is 1.87. The van der Waals surface area contributed by atoms with Gasteiger partial charge >= 0.3 is 0 Å². The summed E-state index contributed by atoms with van der Waals surface area (Å²) in [5.41, 5.74) is 4.15. The summed E-state index contributed by atoms with van der Waals surface area (Å²) in [6.07, 6.45) is 0.968. The van der Waals surface area contributed by atoms with Gasteiger partial charge in [-0.25, -0.2) is 0 Å². The van der Waals surface area contributed by atoms with E-state index in [-0.39, 0.29) is 5.91 Å². The van der Waals surface area contributed by atoms with E-state index >= 15 is 0 Å². The van der Waals surface area contributed by atoms with Crippen molar-refractivity contribution in [2.45, 2.75) is 34.1 Å². The molecule has 0 aliphatic rings. The highest BCUT2D eigenvalue weighted by Crippen LogP contribution is 2.15. The Morgan fingerprint density at radius 1 is 1.20 bits per heavy atom. The summed E-state index contributed by atoms with van der Waals surface area (Å²) in [5.74, 6) is 0.0480. The number of carbonyl (C=O) groups is 1. The molecule has 0 aliphatic carbocycles. The molecule has 2 nitrogen and oxygen atoms in total. The van der Waals surface area contributed by atoms with E-state index in [1.807, 2.05) is 32.9 Å². The first kappa shape index (κ1) is 11.8. The molecule has 0 unspecified atom stereocenters. The number of aryl methyl sites for hydroxylation is 3. The minimum absolute atomic E-state index is 0.0480. The van der Waals surface area contributed by atoms with Crippen molar-refractivity contribution in [3.8, 4) is 0 Å². The molecule has 0 fully saturated rings. The third-order valence-corrected chi connectivity index (χ3v) is 2.44. The summed E-state index contributed by atoms with van der Waals surface area (Å²) >= 11 is 0. The lowest BCUT2D eigenvalue weighted by Crippen LogP contribution is -2.25. The zero-order valence-corrected chi connectivity index (χ0v) is 9.98. The number of nitrogens with one attached hydrogen (secondary N) is 1. The van der Waals surface area contributed by atoms with Crippen LogP contribution in [-0.2, 0) is 0 Å². The maximum absolute atomic E-state index is 11.8. The van der Waals surface area contributed by atoms with Gasteiger partial charge in [-0.2, -0.15) is 0 Å². The largest absolute Gasteiger partial charge is 0.352 e. The molecule has 1 aromatic rings. The third-order valence-electron chi connectivity index (χ3n) is 2.44. The van der Waals surface area contributed by atoms with E-state index in [0.29, 0.717) is 0 Å². The molecule has 1 rings (SSSR count). The van der Waals surface area contributed by atoms with Gasteiger partial charge in [0.1, 0.15) is 0 Å². The van der Waals surface area contributed by atoms with Gasteiger partial charge in [0.25, 0.3) is 5.91 Å². The molecule has 15 heavy (non-hydrogen) atoms. The molecule has 1 N–H and O–H groups in total. The van der Waals surface area contributed by atoms with Gasteiger partial charge < -0.3 is 5.32 Å². The number of hydrogen-bond acceptors (Lipinski definition) is 1. The van der Waals surface area contributed by atoms with E-state index in [2.05, 4.69) is 12.2 Å². The fraction of sp³-hybridized carbons (Fsp3) is 0.462. The van der Waals surface area contributed by atoms with Crippen LogP contribution in [0.15, 0.2) is 12.1 Å². The van der Waals surface area contributed by atoms with Crippen LogP contribution in [0.2, 0.25) is 0 Å². The predicted molar refractivity (Wildman–Crippen MR) is 63.3 cm³/mol. The Kier molecular flexibility index (Phi) is 3.89. The highest BCUT2D eigenvalue weighted by Gasteiger charge is 2.11. The molecule has 0 atom stereocenters. The fourth-order valence-electron chi connectivity index (χ4n) is 1.87. The molecular formula is C13H19NO. The van der Waals surface area contributed by atoms with Gasteiger partial charge in [0.2, 0.25) is 0 Å². The van der Waals surface area contributed by atoms with Gasteiger partial charge in [0.05, 0.1) is 0 Å². The van der Waals surface area contributed by atoms with Crippen LogP contribution >= 0.6 is 0 Å². The van der Waals surface area contributed by atoms with Crippen molar-refractivity contribution in [2.24, 2.45) is 0 Å². The van der Waals surface area contributed by atoms with Crippen LogP contribution in [0.5, 0.6) is 0 Å².